The lowest BCUT2D eigenvalue weighted by molar-refractivity contribution is 0.256. The average molecular weight is 177 g/mol. The summed E-state index contributed by atoms with van der Waals surface area (Å²) in [6, 6.07) is 0. The molecule has 1 aliphatic rings. The summed E-state index contributed by atoms with van der Waals surface area (Å²) in [5, 5.41) is 0. The summed E-state index contributed by atoms with van der Waals surface area (Å²) in [7, 11) is 0. The standard InChI is InChI=1S/C12H19N/c1-4-5-6-7-13-9-11(2)8-12(3)10-13/h1,8,11H,5-7,9-10H2,2-3H3. The van der Waals surface area contributed by atoms with Crippen LogP contribution < -0.4 is 0 Å². The molecule has 0 aromatic rings. The van der Waals surface area contributed by atoms with Crippen LogP contribution in [-0.2, 0) is 0 Å². The summed E-state index contributed by atoms with van der Waals surface area (Å²) in [6.45, 7) is 7.97. The van der Waals surface area contributed by atoms with Crippen molar-refractivity contribution in [3.63, 3.8) is 0 Å². The van der Waals surface area contributed by atoms with Crippen molar-refractivity contribution in [1.29, 1.82) is 0 Å². The van der Waals surface area contributed by atoms with Crippen molar-refractivity contribution in [2.75, 3.05) is 19.6 Å². The SMILES string of the molecule is C#CCCCN1CC(C)=CC(C)C1. The Morgan fingerprint density at radius 3 is 3.08 bits per heavy atom. The number of terminal acetylenes is 1. The van der Waals surface area contributed by atoms with Crippen LogP contribution in [0.5, 0.6) is 0 Å². The first-order valence-electron chi connectivity index (χ1n) is 5.05. The Morgan fingerprint density at radius 2 is 2.46 bits per heavy atom. The van der Waals surface area contributed by atoms with Gasteiger partial charge in [-0.25, -0.2) is 0 Å². The quantitative estimate of drug-likeness (QED) is 0.363. The number of hydrogen-bond donors (Lipinski definition) is 0. The molecule has 1 heterocycles. The molecule has 1 aliphatic heterocycles. The minimum atomic E-state index is 0.708. The fourth-order valence-electron chi connectivity index (χ4n) is 1.99. The Kier molecular flexibility index (Phi) is 4.05. The monoisotopic (exact) mass is 177 g/mol. The second kappa shape index (κ2) is 5.09. The molecule has 0 radical (unpaired) electrons. The molecule has 1 unspecified atom stereocenters. The van der Waals surface area contributed by atoms with Crippen LogP contribution >= 0.6 is 0 Å². The number of nitrogens with zero attached hydrogens (tertiary/aromatic N) is 1. The van der Waals surface area contributed by atoms with Gasteiger partial charge in [0.1, 0.15) is 0 Å². The topological polar surface area (TPSA) is 3.24 Å². The van der Waals surface area contributed by atoms with E-state index >= 15 is 0 Å². The zero-order valence-corrected chi connectivity index (χ0v) is 8.71. The van der Waals surface area contributed by atoms with Crippen LogP contribution in [-0.4, -0.2) is 24.5 Å². The highest BCUT2D eigenvalue weighted by atomic mass is 15.1. The molecule has 0 bridgehead atoms. The highest BCUT2D eigenvalue weighted by Gasteiger charge is 2.13. The van der Waals surface area contributed by atoms with Gasteiger partial charge in [-0.05, 0) is 25.8 Å². The van der Waals surface area contributed by atoms with Crippen molar-refractivity contribution in [3.05, 3.63) is 11.6 Å². The van der Waals surface area contributed by atoms with Crippen LogP contribution in [0.2, 0.25) is 0 Å². The fourth-order valence-corrected chi connectivity index (χ4v) is 1.99. The third-order valence-electron chi connectivity index (χ3n) is 2.38. The van der Waals surface area contributed by atoms with E-state index in [2.05, 4.69) is 30.7 Å². The number of unbranched alkanes of at least 4 members (excludes halogenated alkanes) is 1. The van der Waals surface area contributed by atoms with Gasteiger partial charge in [-0.2, -0.15) is 0 Å². The molecule has 0 fully saturated rings. The van der Waals surface area contributed by atoms with Crippen molar-refractivity contribution in [3.8, 4) is 12.3 Å². The van der Waals surface area contributed by atoms with Gasteiger partial charge in [0.2, 0.25) is 0 Å². The maximum absolute atomic E-state index is 5.22. The van der Waals surface area contributed by atoms with Crippen molar-refractivity contribution >= 4 is 0 Å². The normalized spacial score (nSPS) is 23.8. The summed E-state index contributed by atoms with van der Waals surface area (Å²) in [5.41, 5.74) is 1.50. The van der Waals surface area contributed by atoms with Gasteiger partial charge in [0, 0.05) is 19.5 Å². The second-order valence-electron chi connectivity index (χ2n) is 4.03. The highest BCUT2D eigenvalue weighted by Crippen LogP contribution is 2.14. The van der Waals surface area contributed by atoms with Crippen LogP contribution in [0.1, 0.15) is 26.7 Å². The lowest BCUT2D eigenvalue weighted by atomic mass is 10.0. The van der Waals surface area contributed by atoms with E-state index in [0.29, 0.717) is 5.92 Å². The van der Waals surface area contributed by atoms with E-state index in [9.17, 15) is 0 Å². The van der Waals surface area contributed by atoms with Gasteiger partial charge in [0.05, 0.1) is 0 Å². The van der Waals surface area contributed by atoms with Gasteiger partial charge < -0.3 is 0 Å². The molecule has 0 spiro atoms. The summed E-state index contributed by atoms with van der Waals surface area (Å²) in [6.07, 6.45) is 9.64. The van der Waals surface area contributed by atoms with E-state index in [-0.39, 0.29) is 0 Å². The summed E-state index contributed by atoms with van der Waals surface area (Å²) >= 11 is 0. The molecule has 1 rings (SSSR count). The first-order valence-corrected chi connectivity index (χ1v) is 5.05. The Balaban J connectivity index is 2.29. The lowest BCUT2D eigenvalue weighted by Gasteiger charge is -2.29. The van der Waals surface area contributed by atoms with E-state index in [0.717, 1.165) is 25.9 Å². The molecule has 0 saturated heterocycles. The number of hydrogen-bond acceptors (Lipinski definition) is 1. The molecule has 0 aromatic carbocycles. The van der Waals surface area contributed by atoms with E-state index in [1.807, 2.05) is 0 Å². The molecule has 0 N–H and O–H groups in total. The predicted molar refractivity (Wildman–Crippen MR) is 57.4 cm³/mol. The Morgan fingerprint density at radius 1 is 1.69 bits per heavy atom. The average Bonchev–Trinajstić information content (AvgIpc) is 2.03. The van der Waals surface area contributed by atoms with Crippen LogP contribution in [0.4, 0.5) is 0 Å². The summed E-state index contributed by atoms with van der Waals surface area (Å²) in [4.78, 5) is 2.50. The summed E-state index contributed by atoms with van der Waals surface area (Å²) in [5.74, 6) is 3.40. The van der Waals surface area contributed by atoms with Crippen LogP contribution in [0.3, 0.4) is 0 Å². The Hall–Kier alpha value is -0.740. The van der Waals surface area contributed by atoms with E-state index in [4.69, 9.17) is 6.42 Å². The third kappa shape index (κ3) is 3.65. The van der Waals surface area contributed by atoms with Gasteiger partial charge >= 0.3 is 0 Å². The van der Waals surface area contributed by atoms with Crippen LogP contribution in [0, 0.1) is 18.3 Å². The van der Waals surface area contributed by atoms with Gasteiger partial charge in [-0.1, -0.05) is 18.6 Å². The molecular formula is C12H19N. The van der Waals surface area contributed by atoms with Crippen LogP contribution in [0.15, 0.2) is 11.6 Å². The minimum Gasteiger partial charge on any atom is -0.299 e. The zero-order valence-electron chi connectivity index (χ0n) is 8.71. The molecule has 1 atom stereocenters. The first-order chi connectivity index (χ1) is 6.22. The highest BCUT2D eigenvalue weighted by molar-refractivity contribution is 5.07. The molecular weight excluding hydrogens is 158 g/mol. The Bertz CT molecular complexity index is 222. The number of rotatable bonds is 3. The Labute approximate surface area is 81.8 Å². The molecule has 0 saturated carbocycles. The van der Waals surface area contributed by atoms with Gasteiger partial charge in [-0.3, -0.25) is 4.90 Å². The smallest absolute Gasteiger partial charge is 0.0190 e. The van der Waals surface area contributed by atoms with E-state index < -0.39 is 0 Å². The largest absolute Gasteiger partial charge is 0.299 e. The predicted octanol–water partition coefficient (Wildman–Crippen LogP) is 2.30. The molecule has 1 nitrogen and oxygen atoms in total. The lowest BCUT2D eigenvalue weighted by Crippen LogP contribution is -2.34. The maximum atomic E-state index is 5.22. The third-order valence-corrected chi connectivity index (χ3v) is 2.38. The van der Waals surface area contributed by atoms with Crippen molar-refractivity contribution < 1.29 is 0 Å². The summed E-state index contributed by atoms with van der Waals surface area (Å²) < 4.78 is 0. The fraction of sp³-hybridized carbons (Fsp3) is 0.667. The molecule has 0 aromatic heterocycles. The van der Waals surface area contributed by atoms with E-state index in [1.54, 1.807) is 0 Å². The minimum absolute atomic E-state index is 0.708. The maximum Gasteiger partial charge on any atom is 0.0190 e. The van der Waals surface area contributed by atoms with Crippen molar-refractivity contribution in [2.24, 2.45) is 5.92 Å². The van der Waals surface area contributed by atoms with Crippen molar-refractivity contribution in [2.45, 2.75) is 26.7 Å². The van der Waals surface area contributed by atoms with Crippen LogP contribution in [0.25, 0.3) is 0 Å². The van der Waals surface area contributed by atoms with Gasteiger partial charge in [-0.15, -0.1) is 12.3 Å². The van der Waals surface area contributed by atoms with Crippen molar-refractivity contribution in [1.82, 2.24) is 4.90 Å². The zero-order chi connectivity index (χ0) is 9.68. The molecule has 0 amide bonds. The molecule has 1 heteroatoms. The van der Waals surface area contributed by atoms with Gasteiger partial charge in [0.25, 0.3) is 0 Å². The molecule has 13 heavy (non-hydrogen) atoms. The first kappa shape index (κ1) is 10.3. The van der Waals surface area contributed by atoms with E-state index in [1.165, 1.54) is 12.1 Å². The second-order valence-corrected chi connectivity index (χ2v) is 4.03. The molecule has 0 aliphatic carbocycles. The van der Waals surface area contributed by atoms with Gasteiger partial charge in [0.15, 0.2) is 0 Å². The molecule has 72 valence electrons.